The van der Waals surface area contributed by atoms with Gasteiger partial charge in [0, 0.05) is 36.8 Å². The maximum atomic E-state index is 14.6. The van der Waals surface area contributed by atoms with Crippen molar-refractivity contribution in [3.8, 4) is 5.88 Å². The SMILES string of the molecule is O=C(N[C@H]1CCCCC/C=C\[C@@H]2C[C@@]2(C(=O)NS(=O)(=O)C2CC2)NC(=O)[C@@H]2C[C@@H](Oc3nc4ccccc4nc3CCc3nccs3)CN2C1=O)OC1CCCC1. The van der Waals surface area contributed by atoms with Crippen molar-refractivity contribution >= 4 is 56.2 Å². The number of rotatable bonds is 10. The van der Waals surface area contributed by atoms with Gasteiger partial charge in [0.1, 0.15) is 35.5 Å². The van der Waals surface area contributed by atoms with Crippen LogP contribution in [0.4, 0.5) is 4.79 Å². The summed E-state index contributed by atoms with van der Waals surface area (Å²) < 4.78 is 40.3. The van der Waals surface area contributed by atoms with Gasteiger partial charge in [-0.05, 0) is 76.3 Å². The minimum Gasteiger partial charge on any atom is -0.471 e. The van der Waals surface area contributed by atoms with Crippen molar-refractivity contribution in [3.05, 3.63) is 58.7 Å². The Balaban J connectivity index is 1.09. The molecule has 17 heteroatoms. The summed E-state index contributed by atoms with van der Waals surface area (Å²) in [6.07, 6.45) is 13.1. The predicted molar refractivity (Wildman–Crippen MR) is 211 cm³/mol. The molecule has 8 rings (SSSR count). The molecule has 3 N–H and O–H groups in total. The number of carbonyl (C=O) groups is 4. The summed E-state index contributed by atoms with van der Waals surface area (Å²) in [5.41, 5.74) is 0.433. The number of thiazole rings is 1. The van der Waals surface area contributed by atoms with Gasteiger partial charge in [0.2, 0.25) is 27.7 Å². The molecule has 4 heterocycles. The fourth-order valence-electron chi connectivity index (χ4n) is 8.22. The number of amides is 4. The number of para-hydroxylation sites is 2. The predicted octanol–water partition coefficient (Wildman–Crippen LogP) is 4.26. The third-order valence-electron chi connectivity index (χ3n) is 11.7. The molecule has 5 atom stereocenters. The van der Waals surface area contributed by atoms with Crippen LogP contribution in [0, 0.1) is 5.92 Å². The molecule has 15 nitrogen and oxygen atoms in total. The minimum absolute atomic E-state index is 0.00815. The third-order valence-corrected chi connectivity index (χ3v) is 14.3. The number of allylic oxidation sites excluding steroid dienone is 1. The fraction of sp³-hybridized carbons (Fsp3) is 0.575. The van der Waals surface area contributed by atoms with Crippen molar-refractivity contribution in [2.45, 2.75) is 131 Å². The molecule has 3 saturated carbocycles. The van der Waals surface area contributed by atoms with Crippen LogP contribution >= 0.6 is 11.3 Å². The number of nitrogens with zero attached hydrogens (tertiary/aromatic N) is 4. The standard InChI is InChI=1S/C40H49N7O8S2/c48-35-33-22-27(54-36-31(18-19-34-41-20-21-56-34)42-29-13-8-9-14-30(29)43-36)24-47(33)37(49)32(44-39(51)55-26-11-6-7-12-26)15-5-3-1-2-4-10-25-23-40(25,45-35)38(50)46-57(52,53)28-16-17-28/h4,8-10,13-14,20-21,25-28,32-33H,1-3,5-7,11-12,15-19,22-24H2,(H,44,51)(H,45,48)(H,46,50)/b10-4-/t25-,27-,32+,33+,40-/m1/s1. The van der Waals surface area contributed by atoms with Crippen molar-refractivity contribution in [2.24, 2.45) is 5.92 Å². The number of benzene rings is 1. The van der Waals surface area contributed by atoms with E-state index in [9.17, 15) is 27.6 Å². The van der Waals surface area contributed by atoms with Gasteiger partial charge in [0.25, 0.3) is 5.91 Å². The number of hydrogen-bond acceptors (Lipinski definition) is 12. The van der Waals surface area contributed by atoms with E-state index in [0.29, 0.717) is 61.7 Å². The quantitative estimate of drug-likeness (QED) is 0.247. The van der Waals surface area contributed by atoms with E-state index in [0.717, 1.165) is 43.5 Å². The molecule has 5 aliphatic rings. The molecule has 4 fully saturated rings. The van der Waals surface area contributed by atoms with E-state index < -0.39 is 68.7 Å². The lowest BCUT2D eigenvalue weighted by atomic mass is 10.0. The summed E-state index contributed by atoms with van der Waals surface area (Å²) in [4.78, 5) is 71.7. The third kappa shape index (κ3) is 9.09. The summed E-state index contributed by atoms with van der Waals surface area (Å²) in [6.45, 7) is -0.00815. The number of aryl methyl sites for hydroxylation is 2. The number of hydrogen-bond donors (Lipinski definition) is 3. The van der Waals surface area contributed by atoms with Gasteiger partial charge >= 0.3 is 6.09 Å². The minimum atomic E-state index is -3.89. The molecule has 3 aromatic rings. The smallest absolute Gasteiger partial charge is 0.408 e. The Morgan fingerprint density at radius 2 is 1.74 bits per heavy atom. The van der Waals surface area contributed by atoms with E-state index in [-0.39, 0.29) is 31.4 Å². The summed E-state index contributed by atoms with van der Waals surface area (Å²) >= 11 is 1.54. The van der Waals surface area contributed by atoms with Crippen LogP contribution in [0.5, 0.6) is 5.88 Å². The van der Waals surface area contributed by atoms with E-state index >= 15 is 0 Å². The lowest BCUT2D eigenvalue weighted by Gasteiger charge is -2.30. The summed E-state index contributed by atoms with van der Waals surface area (Å²) in [7, 11) is -3.89. The van der Waals surface area contributed by atoms with Crippen molar-refractivity contribution in [3.63, 3.8) is 0 Å². The molecule has 0 spiro atoms. The van der Waals surface area contributed by atoms with Gasteiger partial charge in [-0.15, -0.1) is 11.3 Å². The number of fused-ring (bicyclic) bond motifs is 3. The fourth-order valence-corrected chi connectivity index (χ4v) is 10.2. The molecule has 0 radical (unpaired) electrons. The molecule has 3 aliphatic carbocycles. The van der Waals surface area contributed by atoms with Crippen LogP contribution < -0.4 is 20.1 Å². The normalized spacial score (nSPS) is 27.7. The Kier molecular flexibility index (Phi) is 11.5. The zero-order chi connectivity index (χ0) is 39.6. The first kappa shape index (κ1) is 39.2. The highest BCUT2D eigenvalue weighted by atomic mass is 32.2. The maximum absolute atomic E-state index is 14.6. The average molecular weight is 820 g/mol. The van der Waals surface area contributed by atoms with Crippen LogP contribution in [0.15, 0.2) is 48.0 Å². The van der Waals surface area contributed by atoms with Gasteiger partial charge < -0.3 is 25.0 Å². The molecule has 57 heavy (non-hydrogen) atoms. The van der Waals surface area contributed by atoms with Gasteiger partial charge in [-0.25, -0.2) is 28.2 Å². The maximum Gasteiger partial charge on any atom is 0.408 e. The molecule has 0 unspecified atom stereocenters. The molecule has 2 aromatic heterocycles. The van der Waals surface area contributed by atoms with E-state index in [1.165, 1.54) is 4.90 Å². The first-order valence-corrected chi connectivity index (χ1v) is 22.6. The number of nitrogens with one attached hydrogen (secondary N) is 3. The second kappa shape index (κ2) is 16.7. The summed E-state index contributed by atoms with van der Waals surface area (Å²) in [5.74, 6) is -2.00. The molecule has 0 bridgehead atoms. The van der Waals surface area contributed by atoms with Crippen molar-refractivity contribution in [1.29, 1.82) is 0 Å². The molecule has 1 saturated heterocycles. The molecule has 4 amide bonds. The number of carbonyl (C=O) groups excluding carboxylic acids is 4. The zero-order valence-electron chi connectivity index (χ0n) is 31.8. The Morgan fingerprint density at radius 3 is 2.49 bits per heavy atom. The van der Waals surface area contributed by atoms with Crippen molar-refractivity contribution in [1.82, 2.24) is 35.2 Å². The largest absolute Gasteiger partial charge is 0.471 e. The topological polar surface area (TPSA) is 199 Å². The van der Waals surface area contributed by atoms with E-state index in [2.05, 4.69) is 20.3 Å². The number of ether oxygens (including phenoxy) is 2. The van der Waals surface area contributed by atoms with Gasteiger partial charge in [0.15, 0.2) is 0 Å². The first-order chi connectivity index (χ1) is 27.6. The van der Waals surface area contributed by atoms with Crippen LogP contribution in [0.25, 0.3) is 11.0 Å². The summed E-state index contributed by atoms with van der Waals surface area (Å²) in [6, 6.07) is 5.38. The number of sulfonamides is 1. The number of alkyl carbamates (subject to hydrolysis) is 1. The molecule has 1 aromatic carbocycles. The van der Waals surface area contributed by atoms with Gasteiger partial charge in [-0.1, -0.05) is 37.1 Å². The Labute approximate surface area is 335 Å². The van der Waals surface area contributed by atoms with Crippen LogP contribution in [-0.4, -0.2) is 93.7 Å². The van der Waals surface area contributed by atoms with Crippen molar-refractivity contribution < 1.29 is 37.1 Å². The lowest BCUT2D eigenvalue weighted by Crippen LogP contribution is -2.58. The summed E-state index contributed by atoms with van der Waals surface area (Å²) in [5, 5.41) is 7.96. The van der Waals surface area contributed by atoms with Gasteiger partial charge in [-0.3, -0.25) is 19.1 Å². The highest BCUT2D eigenvalue weighted by Gasteiger charge is 2.62. The van der Waals surface area contributed by atoms with Crippen molar-refractivity contribution in [2.75, 3.05) is 6.54 Å². The second-order valence-electron chi connectivity index (χ2n) is 15.9. The number of aromatic nitrogens is 3. The second-order valence-corrected chi connectivity index (χ2v) is 18.8. The first-order valence-electron chi connectivity index (χ1n) is 20.2. The van der Waals surface area contributed by atoms with E-state index in [1.54, 1.807) is 17.5 Å². The lowest BCUT2D eigenvalue weighted by molar-refractivity contribution is -0.141. The molecular formula is C40H49N7O8S2. The molecule has 2 aliphatic heterocycles. The van der Waals surface area contributed by atoms with Crippen LogP contribution in [0.2, 0.25) is 0 Å². The highest BCUT2D eigenvalue weighted by Crippen LogP contribution is 2.46. The average Bonchev–Trinajstić information content (AvgIpc) is 3.94. The Morgan fingerprint density at radius 1 is 0.965 bits per heavy atom. The van der Waals surface area contributed by atoms with E-state index in [4.69, 9.17) is 19.4 Å². The molecular weight excluding hydrogens is 771 g/mol. The van der Waals surface area contributed by atoms with Crippen LogP contribution in [-0.2, 0) is 42.0 Å². The van der Waals surface area contributed by atoms with E-state index in [1.807, 2.05) is 41.8 Å². The zero-order valence-corrected chi connectivity index (χ0v) is 33.4. The Hall–Kier alpha value is -4.64. The van der Waals surface area contributed by atoms with Crippen LogP contribution in [0.1, 0.15) is 94.2 Å². The Bertz CT molecular complexity index is 2120. The van der Waals surface area contributed by atoms with Gasteiger partial charge in [0.05, 0.1) is 27.8 Å². The molecule has 304 valence electrons. The monoisotopic (exact) mass is 819 g/mol. The highest BCUT2D eigenvalue weighted by molar-refractivity contribution is 7.91. The van der Waals surface area contributed by atoms with Crippen LogP contribution in [0.3, 0.4) is 0 Å². The van der Waals surface area contributed by atoms with Gasteiger partial charge in [-0.2, -0.15) is 0 Å².